The van der Waals surface area contributed by atoms with Crippen LogP contribution in [0.15, 0.2) is 30.5 Å². The van der Waals surface area contributed by atoms with Crippen LogP contribution in [0.4, 0.5) is 10.1 Å². The molecule has 2 N–H and O–H groups in total. The van der Waals surface area contributed by atoms with E-state index in [0.29, 0.717) is 41.6 Å². The van der Waals surface area contributed by atoms with Crippen molar-refractivity contribution in [3.05, 3.63) is 51.9 Å². The molecular formula is C19H17Cl2FN2O4. The number of carbonyl (C=O) groups is 2. The van der Waals surface area contributed by atoms with E-state index in [-0.39, 0.29) is 23.6 Å². The Morgan fingerprint density at radius 2 is 1.89 bits per heavy atom. The van der Waals surface area contributed by atoms with Crippen LogP contribution in [0, 0.1) is 11.7 Å². The van der Waals surface area contributed by atoms with Gasteiger partial charge in [0.1, 0.15) is 16.9 Å². The van der Waals surface area contributed by atoms with E-state index >= 15 is 0 Å². The standard InChI is InChI=1S/C19H17Cl2FN2O4/c20-11-7-15(21)18(23-9-11)28-13-4-1-10(2-5-13)17(25)24-12-3-6-14(19(26)27)16(22)8-12/h3,6-10,13H,1-2,4-5H2,(H,24,25)(H,26,27). The van der Waals surface area contributed by atoms with Crippen molar-refractivity contribution < 1.29 is 23.8 Å². The molecule has 0 aliphatic heterocycles. The molecule has 1 aliphatic rings. The summed E-state index contributed by atoms with van der Waals surface area (Å²) in [4.78, 5) is 27.3. The van der Waals surface area contributed by atoms with Gasteiger partial charge in [-0.2, -0.15) is 0 Å². The van der Waals surface area contributed by atoms with Gasteiger partial charge in [-0.05, 0) is 49.9 Å². The first-order valence-electron chi connectivity index (χ1n) is 8.65. The summed E-state index contributed by atoms with van der Waals surface area (Å²) >= 11 is 11.9. The molecular weight excluding hydrogens is 410 g/mol. The van der Waals surface area contributed by atoms with Crippen molar-refractivity contribution in [1.29, 1.82) is 0 Å². The average molecular weight is 427 g/mol. The Morgan fingerprint density at radius 3 is 2.50 bits per heavy atom. The molecule has 3 rings (SSSR count). The third-order valence-corrected chi connectivity index (χ3v) is 5.04. The number of hydrogen-bond donors (Lipinski definition) is 2. The van der Waals surface area contributed by atoms with Gasteiger partial charge >= 0.3 is 5.97 Å². The summed E-state index contributed by atoms with van der Waals surface area (Å²) in [7, 11) is 0. The second-order valence-corrected chi connectivity index (χ2v) is 7.36. The van der Waals surface area contributed by atoms with E-state index in [0.717, 1.165) is 12.1 Å². The fourth-order valence-electron chi connectivity index (χ4n) is 3.10. The zero-order valence-corrected chi connectivity index (χ0v) is 16.1. The Labute approximate surface area is 170 Å². The van der Waals surface area contributed by atoms with Gasteiger partial charge in [0.05, 0.1) is 10.6 Å². The molecule has 1 heterocycles. The van der Waals surface area contributed by atoms with Crippen molar-refractivity contribution in [2.75, 3.05) is 5.32 Å². The van der Waals surface area contributed by atoms with E-state index in [9.17, 15) is 14.0 Å². The van der Waals surface area contributed by atoms with Crippen molar-refractivity contribution in [2.45, 2.75) is 31.8 Å². The quantitative estimate of drug-likeness (QED) is 0.716. The van der Waals surface area contributed by atoms with E-state index in [4.69, 9.17) is 33.0 Å². The molecule has 148 valence electrons. The van der Waals surface area contributed by atoms with Crippen LogP contribution in [0.3, 0.4) is 0 Å². The number of pyridine rings is 1. The van der Waals surface area contributed by atoms with Gasteiger partial charge in [-0.15, -0.1) is 0 Å². The van der Waals surface area contributed by atoms with Gasteiger partial charge in [0.2, 0.25) is 11.8 Å². The number of carbonyl (C=O) groups excluding carboxylic acids is 1. The highest BCUT2D eigenvalue weighted by molar-refractivity contribution is 6.35. The highest BCUT2D eigenvalue weighted by Gasteiger charge is 2.28. The molecule has 1 aliphatic carbocycles. The lowest BCUT2D eigenvalue weighted by atomic mass is 9.86. The number of hydrogen-bond acceptors (Lipinski definition) is 4. The Kier molecular flexibility index (Phi) is 6.36. The lowest BCUT2D eigenvalue weighted by Gasteiger charge is -2.28. The predicted octanol–water partition coefficient (Wildman–Crippen LogP) is 4.80. The summed E-state index contributed by atoms with van der Waals surface area (Å²) in [5, 5.41) is 12.2. The smallest absolute Gasteiger partial charge is 0.338 e. The SMILES string of the molecule is O=C(O)c1ccc(NC(=O)C2CCC(Oc3ncc(Cl)cc3Cl)CC2)cc1F. The largest absolute Gasteiger partial charge is 0.478 e. The van der Waals surface area contributed by atoms with Gasteiger partial charge in [0, 0.05) is 17.8 Å². The topological polar surface area (TPSA) is 88.5 Å². The summed E-state index contributed by atoms with van der Waals surface area (Å²) in [6, 6.07) is 5.05. The normalized spacial score (nSPS) is 19.1. The molecule has 2 aromatic rings. The summed E-state index contributed by atoms with van der Waals surface area (Å²) in [5.74, 6) is -2.41. The van der Waals surface area contributed by atoms with E-state index < -0.39 is 17.3 Å². The third kappa shape index (κ3) is 4.91. The summed E-state index contributed by atoms with van der Waals surface area (Å²) in [6.07, 6.45) is 3.82. The van der Waals surface area contributed by atoms with Gasteiger partial charge in [-0.1, -0.05) is 23.2 Å². The van der Waals surface area contributed by atoms with Crippen LogP contribution in [0.5, 0.6) is 5.88 Å². The zero-order valence-electron chi connectivity index (χ0n) is 14.6. The van der Waals surface area contributed by atoms with Gasteiger partial charge < -0.3 is 15.2 Å². The van der Waals surface area contributed by atoms with E-state index in [2.05, 4.69) is 10.3 Å². The second-order valence-electron chi connectivity index (χ2n) is 6.52. The van der Waals surface area contributed by atoms with E-state index in [1.165, 1.54) is 12.3 Å². The van der Waals surface area contributed by atoms with Crippen molar-refractivity contribution in [3.8, 4) is 5.88 Å². The maximum absolute atomic E-state index is 13.7. The molecule has 0 atom stereocenters. The van der Waals surface area contributed by atoms with Gasteiger partial charge in [-0.25, -0.2) is 14.2 Å². The highest BCUT2D eigenvalue weighted by Crippen LogP contribution is 2.31. The molecule has 1 aromatic carbocycles. The number of carboxylic acid groups (broad SMARTS) is 1. The number of aromatic nitrogens is 1. The Balaban J connectivity index is 1.53. The van der Waals surface area contributed by atoms with Gasteiger partial charge in [-0.3, -0.25) is 4.79 Å². The van der Waals surface area contributed by atoms with Crippen LogP contribution in [0.25, 0.3) is 0 Å². The number of rotatable bonds is 5. The maximum atomic E-state index is 13.7. The van der Waals surface area contributed by atoms with E-state index in [1.807, 2.05) is 0 Å². The minimum atomic E-state index is -1.36. The first kappa shape index (κ1) is 20.4. The van der Waals surface area contributed by atoms with Crippen LogP contribution >= 0.6 is 23.2 Å². The summed E-state index contributed by atoms with van der Waals surface area (Å²) in [6.45, 7) is 0. The lowest BCUT2D eigenvalue weighted by molar-refractivity contribution is -0.121. The number of ether oxygens (including phenoxy) is 1. The lowest BCUT2D eigenvalue weighted by Crippen LogP contribution is -2.31. The molecule has 1 fully saturated rings. The molecule has 1 saturated carbocycles. The maximum Gasteiger partial charge on any atom is 0.338 e. The van der Waals surface area contributed by atoms with Crippen molar-refractivity contribution in [3.63, 3.8) is 0 Å². The molecule has 0 radical (unpaired) electrons. The van der Waals surface area contributed by atoms with Crippen molar-refractivity contribution >= 4 is 40.8 Å². The molecule has 0 spiro atoms. The minimum absolute atomic E-state index is 0.109. The molecule has 9 heteroatoms. The van der Waals surface area contributed by atoms with Crippen LogP contribution in [-0.4, -0.2) is 28.1 Å². The molecule has 28 heavy (non-hydrogen) atoms. The number of anilines is 1. The van der Waals surface area contributed by atoms with Gasteiger partial charge in [0.15, 0.2) is 0 Å². The number of nitrogens with zero attached hydrogens (tertiary/aromatic N) is 1. The molecule has 0 bridgehead atoms. The summed E-state index contributed by atoms with van der Waals surface area (Å²) in [5.41, 5.74) is -0.215. The monoisotopic (exact) mass is 426 g/mol. The number of nitrogens with one attached hydrogen (secondary N) is 1. The Hall–Kier alpha value is -2.38. The molecule has 6 nitrogen and oxygen atoms in total. The Bertz CT molecular complexity index is 901. The third-order valence-electron chi connectivity index (χ3n) is 4.56. The van der Waals surface area contributed by atoms with Crippen LogP contribution in [0.1, 0.15) is 36.0 Å². The fraction of sp³-hybridized carbons (Fsp3) is 0.316. The number of amides is 1. The average Bonchev–Trinajstić information content (AvgIpc) is 2.64. The molecule has 0 unspecified atom stereocenters. The number of carboxylic acids is 1. The molecule has 1 amide bonds. The first-order valence-corrected chi connectivity index (χ1v) is 9.40. The predicted molar refractivity (Wildman–Crippen MR) is 103 cm³/mol. The van der Waals surface area contributed by atoms with Gasteiger partial charge in [0.25, 0.3) is 0 Å². The number of benzene rings is 1. The van der Waals surface area contributed by atoms with Crippen LogP contribution in [-0.2, 0) is 4.79 Å². The second kappa shape index (κ2) is 8.75. The molecule has 1 aromatic heterocycles. The van der Waals surface area contributed by atoms with Crippen molar-refractivity contribution in [2.24, 2.45) is 5.92 Å². The van der Waals surface area contributed by atoms with Crippen LogP contribution in [0.2, 0.25) is 10.0 Å². The molecule has 0 saturated heterocycles. The van der Waals surface area contributed by atoms with Crippen LogP contribution < -0.4 is 10.1 Å². The fourth-order valence-corrected chi connectivity index (χ4v) is 3.52. The Morgan fingerprint density at radius 1 is 1.18 bits per heavy atom. The zero-order chi connectivity index (χ0) is 20.3. The first-order chi connectivity index (χ1) is 13.3. The number of halogens is 3. The van der Waals surface area contributed by atoms with E-state index in [1.54, 1.807) is 6.07 Å². The minimum Gasteiger partial charge on any atom is -0.478 e. The summed E-state index contributed by atoms with van der Waals surface area (Å²) < 4.78 is 19.5. The van der Waals surface area contributed by atoms with Crippen molar-refractivity contribution in [1.82, 2.24) is 4.98 Å². The highest BCUT2D eigenvalue weighted by atomic mass is 35.5. The number of aromatic carboxylic acids is 1.